The molecule has 3 nitrogen and oxygen atoms in total. The molecule has 1 heterocycles. The molecular formula is C14H24N2O. The minimum Gasteiger partial charge on any atom is -0.489 e. The van der Waals surface area contributed by atoms with Crippen LogP contribution in [0.25, 0.3) is 0 Å². The molecule has 3 heteroatoms. The zero-order valence-electron chi connectivity index (χ0n) is 11.5. The summed E-state index contributed by atoms with van der Waals surface area (Å²) in [4.78, 5) is 4.42. The van der Waals surface area contributed by atoms with Crippen molar-refractivity contribution < 1.29 is 4.74 Å². The number of hydrogen-bond donors (Lipinski definition) is 1. The van der Waals surface area contributed by atoms with Gasteiger partial charge in [-0.05, 0) is 38.4 Å². The van der Waals surface area contributed by atoms with Crippen molar-refractivity contribution in [1.82, 2.24) is 10.3 Å². The molecule has 17 heavy (non-hydrogen) atoms. The third-order valence-corrected chi connectivity index (χ3v) is 2.97. The molecule has 0 fully saturated rings. The third-order valence-electron chi connectivity index (χ3n) is 2.97. The van der Waals surface area contributed by atoms with E-state index in [1.165, 1.54) is 0 Å². The van der Waals surface area contributed by atoms with E-state index in [2.05, 4.69) is 44.9 Å². The summed E-state index contributed by atoms with van der Waals surface area (Å²) in [6.07, 6.45) is 2.02. The van der Waals surface area contributed by atoms with E-state index in [9.17, 15) is 0 Å². The van der Waals surface area contributed by atoms with Gasteiger partial charge in [-0.25, -0.2) is 0 Å². The van der Waals surface area contributed by atoms with E-state index in [0.717, 1.165) is 18.0 Å². The summed E-state index contributed by atoms with van der Waals surface area (Å²) in [7, 11) is 0. The first kappa shape index (κ1) is 14.0. The Morgan fingerprint density at radius 1 is 1.24 bits per heavy atom. The predicted octanol–water partition coefficient (Wildman–Crippen LogP) is 3.18. The van der Waals surface area contributed by atoms with Crippen molar-refractivity contribution in [3.05, 3.63) is 24.0 Å². The van der Waals surface area contributed by atoms with E-state index in [-0.39, 0.29) is 12.1 Å². The first-order valence-corrected chi connectivity index (χ1v) is 6.40. The van der Waals surface area contributed by atoms with Gasteiger partial charge in [0.1, 0.15) is 5.75 Å². The molecule has 0 aromatic carbocycles. The predicted molar refractivity (Wildman–Crippen MR) is 71.3 cm³/mol. The van der Waals surface area contributed by atoms with Gasteiger partial charge in [0.15, 0.2) is 0 Å². The van der Waals surface area contributed by atoms with Crippen molar-refractivity contribution in [2.75, 3.05) is 6.54 Å². The second-order valence-corrected chi connectivity index (χ2v) is 4.77. The maximum atomic E-state index is 5.79. The summed E-state index contributed by atoms with van der Waals surface area (Å²) in [6.45, 7) is 11.5. The number of rotatable bonds is 6. The van der Waals surface area contributed by atoms with Crippen molar-refractivity contribution in [2.24, 2.45) is 5.92 Å². The van der Waals surface area contributed by atoms with Crippen LogP contribution in [0.3, 0.4) is 0 Å². The lowest BCUT2D eigenvalue weighted by Gasteiger charge is -2.18. The highest BCUT2D eigenvalue weighted by molar-refractivity contribution is 5.21. The van der Waals surface area contributed by atoms with Gasteiger partial charge < -0.3 is 10.1 Å². The maximum absolute atomic E-state index is 5.79. The smallest absolute Gasteiger partial charge is 0.138 e. The van der Waals surface area contributed by atoms with Gasteiger partial charge in [-0.1, -0.05) is 20.8 Å². The van der Waals surface area contributed by atoms with Crippen LogP contribution in [0.15, 0.2) is 18.3 Å². The zero-order chi connectivity index (χ0) is 12.8. The molecular weight excluding hydrogens is 212 g/mol. The number of nitrogens with one attached hydrogen (secondary N) is 1. The van der Waals surface area contributed by atoms with Crippen molar-refractivity contribution in [2.45, 2.75) is 46.8 Å². The fourth-order valence-corrected chi connectivity index (χ4v) is 1.48. The van der Waals surface area contributed by atoms with Gasteiger partial charge >= 0.3 is 0 Å². The Balaban J connectivity index is 2.61. The van der Waals surface area contributed by atoms with E-state index in [1.807, 2.05) is 18.3 Å². The maximum Gasteiger partial charge on any atom is 0.138 e. The summed E-state index contributed by atoms with van der Waals surface area (Å²) in [6, 6.07) is 4.31. The third kappa shape index (κ3) is 4.35. The molecule has 1 aromatic heterocycles. The Morgan fingerprint density at radius 3 is 2.41 bits per heavy atom. The molecule has 96 valence electrons. The Hall–Kier alpha value is -1.09. The first-order chi connectivity index (χ1) is 8.04. The molecule has 2 atom stereocenters. The van der Waals surface area contributed by atoms with Gasteiger partial charge in [0.2, 0.25) is 0 Å². The molecule has 0 aliphatic carbocycles. The van der Waals surface area contributed by atoms with E-state index >= 15 is 0 Å². The molecule has 0 aliphatic rings. The molecule has 0 aliphatic heterocycles. The van der Waals surface area contributed by atoms with E-state index in [0.29, 0.717) is 5.92 Å². The lowest BCUT2D eigenvalue weighted by Crippen LogP contribution is -2.20. The van der Waals surface area contributed by atoms with Crippen LogP contribution in [0.2, 0.25) is 0 Å². The van der Waals surface area contributed by atoms with E-state index in [1.54, 1.807) is 0 Å². The van der Waals surface area contributed by atoms with Crippen LogP contribution in [0, 0.1) is 5.92 Å². The highest BCUT2D eigenvalue weighted by atomic mass is 16.5. The van der Waals surface area contributed by atoms with E-state index < -0.39 is 0 Å². The van der Waals surface area contributed by atoms with Crippen molar-refractivity contribution in [1.29, 1.82) is 0 Å². The number of ether oxygens (including phenoxy) is 1. The molecule has 0 saturated carbocycles. The second kappa shape index (κ2) is 6.60. The standard InChI is InChI=1S/C14H24N2O/c1-6-15-11(4)14-8-7-13(9-16-14)17-12(5)10(2)3/h7-12,15H,6H2,1-5H3. The lowest BCUT2D eigenvalue weighted by molar-refractivity contribution is 0.169. The molecule has 0 spiro atoms. The summed E-state index contributed by atoms with van der Waals surface area (Å²) in [5.74, 6) is 1.36. The van der Waals surface area contributed by atoms with Gasteiger partial charge in [-0.3, -0.25) is 4.98 Å². The van der Waals surface area contributed by atoms with Crippen LogP contribution in [0.4, 0.5) is 0 Å². The van der Waals surface area contributed by atoms with Gasteiger partial charge in [0.25, 0.3) is 0 Å². The van der Waals surface area contributed by atoms with Gasteiger partial charge in [-0.15, -0.1) is 0 Å². The fourth-order valence-electron chi connectivity index (χ4n) is 1.48. The molecule has 1 aromatic rings. The number of aromatic nitrogens is 1. The van der Waals surface area contributed by atoms with Crippen molar-refractivity contribution in [3.63, 3.8) is 0 Å². The molecule has 0 bridgehead atoms. The first-order valence-electron chi connectivity index (χ1n) is 6.40. The number of hydrogen-bond acceptors (Lipinski definition) is 3. The molecule has 0 amide bonds. The molecule has 1 rings (SSSR count). The quantitative estimate of drug-likeness (QED) is 0.823. The lowest BCUT2D eigenvalue weighted by atomic mass is 10.1. The molecule has 0 radical (unpaired) electrons. The molecule has 2 unspecified atom stereocenters. The van der Waals surface area contributed by atoms with Crippen LogP contribution >= 0.6 is 0 Å². The van der Waals surface area contributed by atoms with Gasteiger partial charge in [0.05, 0.1) is 18.0 Å². The Bertz CT molecular complexity index is 321. The zero-order valence-corrected chi connectivity index (χ0v) is 11.5. The van der Waals surface area contributed by atoms with Crippen LogP contribution in [-0.2, 0) is 0 Å². The highest BCUT2D eigenvalue weighted by Gasteiger charge is 2.10. The number of nitrogens with zero attached hydrogens (tertiary/aromatic N) is 1. The Kier molecular flexibility index (Phi) is 5.42. The summed E-state index contributed by atoms with van der Waals surface area (Å²) >= 11 is 0. The van der Waals surface area contributed by atoms with Gasteiger partial charge in [-0.2, -0.15) is 0 Å². The Labute approximate surface area is 105 Å². The molecule has 0 saturated heterocycles. The van der Waals surface area contributed by atoms with Crippen LogP contribution in [0.5, 0.6) is 5.75 Å². The topological polar surface area (TPSA) is 34.1 Å². The van der Waals surface area contributed by atoms with Gasteiger partial charge in [0, 0.05) is 6.04 Å². The van der Waals surface area contributed by atoms with E-state index in [4.69, 9.17) is 4.74 Å². The summed E-state index contributed by atoms with van der Waals surface area (Å²) in [5, 5.41) is 3.34. The molecule has 1 N–H and O–H groups in total. The van der Waals surface area contributed by atoms with Crippen LogP contribution in [-0.4, -0.2) is 17.6 Å². The highest BCUT2D eigenvalue weighted by Crippen LogP contribution is 2.17. The number of pyridine rings is 1. The second-order valence-electron chi connectivity index (χ2n) is 4.77. The largest absolute Gasteiger partial charge is 0.489 e. The minimum absolute atomic E-state index is 0.217. The summed E-state index contributed by atoms with van der Waals surface area (Å²) < 4.78 is 5.79. The summed E-state index contributed by atoms with van der Waals surface area (Å²) in [5.41, 5.74) is 1.05. The Morgan fingerprint density at radius 2 is 1.94 bits per heavy atom. The monoisotopic (exact) mass is 236 g/mol. The normalized spacial score (nSPS) is 14.7. The fraction of sp³-hybridized carbons (Fsp3) is 0.643. The SMILES string of the molecule is CCNC(C)c1ccc(OC(C)C(C)C)cn1. The van der Waals surface area contributed by atoms with Crippen LogP contribution in [0.1, 0.15) is 46.4 Å². The minimum atomic E-state index is 0.217. The average Bonchev–Trinajstić information content (AvgIpc) is 2.30. The van der Waals surface area contributed by atoms with Crippen molar-refractivity contribution in [3.8, 4) is 5.75 Å². The average molecular weight is 236 g/mol. The van der Waals surface area contributed by atoms with Crippen LogP contribution < -0.4 is 10.1 Å². The van der Waals surface area contributed by atoms with Crippen molar-refractivity contribution >= 4 is 0 Å².